The first-order valence-corrected chi connectivity index (χ1v) is 8.79. The summed E-state index contributed by atoms with van der Waals surface area (Å²) in [5, 5.41) is 3.34. The molecule has 0 spiro atoms. The van der Waals surface area contributed by atoms with E-state index < -0.39 is 22.1 Å². The molecule has 0 radical (unpaired) electrons. The lowest BCUT2D eigenvalue weighted by atomic mass is 10.1. The molecule has 0 saturated carbocycles. The maximum atomic E-state index is 12.5. The molecule has 1 aliphatic rings. The summed E-state index contributed by atoms with van der Waals surface area (Å²) in [4.78, 5) is 4.55. The number of rotatable bonds is 2. The number of hydrogen-bond donors (Lipinski definition) is 0. The van der Waals surface area contributed by atoms with Crippen LogP contribution in [0, 0.1) is 0 Å². The maximum absolute atomic E-state index is 12.5. The molecule has 0 saturated heterocycles. The van der Waals surface area contributed by atoms with Gasteiger partial charge in [0.1, 0.15) is 0 Å². The summed E-state index contributed by atoms with van der Waals surface area (Å²) in [7, 11) is -3.30. The Morgan fingerprint density at radius 3 is 2.73 bits per heavy atom. The Morgan fingerprint density at radius 1 is 1.41 bits per heavy atom. The zero-order valence-corrected chi connectivity index (χ0v) is 12.8. The van der Waals surface area contributed by atoms with Crippen molar-refractivity contribution < 1.29 is 26.1 Å². The van der Waals surface area contributed by atoms with Gasteiger partial charge in [0.25, 0.3) is 0 Å². The number of sulfonamides is 1. The molecule has 0 aliphatic carbocycles. The van der Waals surface area contributed by atoms with E-state index >= 15 is 0 Å². The topological polar surface area (TPSA) is 76.3 Å². The molecule has 0 unspecified atom stereocenters. The lowest BCUT2D eigenvalue weighted by Crippen LogP contribution is -2.34. The zero-order valence-electron chi connectivity index (χ0n) is 11.2. The summed E-state index contributed by atoms with van der Waals surface area (Å²) in [6.45, 7) is 0.560. The number of fused-ring (bicyclic) bond motifs is 1. The fourth-order valence-electron chi connectivity index (χ4n) is 2.13. The fourth-order valence-corrected chi connectivity index (χ4v) is 4.15. The van der Waals surface area contributed by atoms with Crippen molar-refractivity contribution >= 4 is 21.4 Å². The van der Waals surface area contributed by atoms with Crippen LogP contribution in [0.1, 0.15) is 16.3 Å². The van der Waals surface area contributed by atoms with Crippen LogP contribution in [-0.4, -0.2) is 35.7 Å². The number of nitrogens with zero attached hydrogens (tertiary/aromatic N) is 3. The van der Waals surface area contributed by atoms with Crippen LogP contribution in [-0.2, 0) is 29.2 Å². The largest absolute Gasteiger partial charge is 0.471 e. The molecule has 0 atom stereocenters. The third kappa shape index (κ3) is 2.88. The Hall–Kier alpha value is -1.46. The molecule has 22 heavy (non-hydrogen) atoms. The van der Waals surface area contributed by atoms with Gasteiger partial charge in [0.2, 0.25) is 15.8 Å². The number of alkyl halides is 3. The predicted molar refractivity (Wildman–Crippen MR) is 71.6 cm³/mol. The van der Waals surface area contributed by atoms with Crippen molar-refractivity contribution in [2.45, 2.75) is 19.1 Å². The minimum Gasteiger partial charge on any atom is -0.329 e. The number of hydrogen-bond acceptors (Lipinski definition) is 6. The van der Waals surface area contributed by atoms with Crippen LogP contribution in [0.15, 0.2) is 10.6 Å². The second-order valence-electron chi connectivity index (χ2n) is 4.83. The summed E-state index contributed by atoms with van der Waals surface area (Å²) in [6, 6.07) is 1.69. The van der Waals surface area contributed by atoms with Gasteiger partial charge in [-0.25, -0.2) is 8.42 Å². The quantitative estimate of drug-likeness (QED) is 0.827. The van der Waals surface area contributed by atoms with E-state index in [1.54, 1.807) is 6.07 Å². The van der Waals surface area contributed by atoms with Gasteiger partial charge < -0.3 is 4.52 Å². The predicted octanol–water partition coefficient (Wildman–Crippen LogP) is 2.13. The zero-order chi connectivity index (χ0) is 16.1. The molecule has 6 nitrogen and oxygen atoms in total. The first kappa shape index (κ1) is 15.4. The minimum atomic E-state index is -4.69. The minimum absolute atomic E-state index is 0.141. The first-order valence-electron chi connectivity index (χ1n) is 6.12. The van der Waals surface area contributed by atoms with E-state index in [9.17, 15) is 21.6 Å². The Morgan fingerprint density at radius 2 is 2.14 bits per heavy atom. The smallest absolute Gasteiger partial charge is 0.329 e. The van der Waals surface area contributed by atoms with E-state index in [0.29, 0.717) is 17.8 Å². The SMILES string of the molecule is CS(=O)(=O)N1CCc2cc(-c3noc(C(F)(F)F)n3)sc2C1. The summed E-state index contributed by atoms with van der Waals surface area (Å²) in [6.07, 6.45) is -3.06. The van der Waals surface area contributed by atoms with Gasteiger partial charge in [-0.15, -0.1) is 11.3 Å². The fraction of sp³-hybridized carbons (Fsp3) is 0.455. The van der Waals surface area contributed by atoms with Crippen molar-refractivity contribution in [1.29, 1.82) is 0 Å². The third-order valence-electron chi connectivity index (χ3n) is 3.21. The monoisotopic (exact) mass is 353 g/mol. The molecule has 1 aliphatic heterocycles. The highest BCUT2D eigenvalue weighted by Gasteiger charge is 2.38. The molecule has 3 heterocycles. The highest BCUT2D eigenvalue weighted by atomic mass is 32.2. The van der Waals surface area contributed by atoms with Crippen molar-refractivity contribution in [3.63, 3.8) is 0 Å². The molecular formula is C11H10F3N3O3S2. The van der Waals surface area contributed by atoms with Crippen molar-refractivity contribution in [1.82, 2.24) is 14.4 Å². The molecule has 0 fully saturated rings. The highest BCUT2D eigenvalue weighted by molar-refractivity contribution is 7.88. The molecule has 120 valence electrons. The normalized spacial score (nSPS) is 16.7. The Labute approximate surface area is 127 Å². The summed E-state index contributed by atoms with van der Waals surface area (Å²) in [5.74, 6) is -1.54. The average molecular weight is 353 g/mol. The van der Waals surface area contributed by atoms with Gasteiger partial charge in [-0.2, -0.15) is 22.5 Å². The Bertz CT molecular complexity index is 810. The van der Waals surface area contributed by atoms with Crippen molar-refractivity contribution in [2.24, 2.45) is 0 Å². The molecule has 0 aromatic carbocycles. The van der Waals surface area contributed by atoms with Crippen LogP contribution < -0.4 is 0 Å². The van der Waals surface area contributed by atoms with Gasteiger partial charge in [0.05, 0.1) is 11.1 Å². The molecular weight excluding hydrogens is 343 g/mol. The van der Waals surface area contributed by atoms with Crippen LogP contribution >= 0.6 is 11.3 Å². The lowest BCUT2D eigenvalue weighted by molar-refractivity contribution is -0.159. The molecule has 2 aromatic heterocycles. The van der Waals surface area contributed by atoms with Gasteiger partial charge in [-0.3, -0.25) is 0 Å². The standard InChI is InChI=1S/C11H10F3N3O3S2/c1-22(18,19)17-3-2-6-4-7(21-8(6)5-17)9-15-10(20-16-9)11(12,13)14/h4H,2-3,5H2,1H3. The van der Waals surface area contributed by atoms with E-state index in [-0.39, 0.29) is 12.4 Å². The number of thiophene rings is 1. The van der Waals surface area contributed by atoms with Crippen LogP contribution in [0.4, 0.5) is 13.2 Å². The van der Waals surface area contributed by atoms with E-state index in [1.165, 1.54) is 15.6 Å². The van der Waals surface area contributed by atoms with Crippen LogP contribution in [0.3, 0.4) is 0 Å². The van der Waals surface area contributed by atoms with Crippen LogP contribution in [0.25, 0.3) is 10.7 Å². The van der Waals surface area contributed by atoms with Crippen LogP contribution in [0.2, 0.25) is 0 Å². The van der Waals surface area contributed by atoms with E-state index in [4.69, 9.17) is 0 Å². The van der Waals surface area contributed by atoms with Crippen LogP contribution in [0.5, 0.6) is 0 Å². The summed E-state index contributed by atoms with van der Waals surface area (Å²) < 4.78 is 66.0. The Balaban J connectivity index is 1.90. The van der Waals surface area contributed by atoms with Crippen molar-refractivity contribution in [2.75, 3.05) is 12.8 Å². The maximum Gasteiger partial charge on any atom is 0.471 e. The third-order valence-corrected chi connectivity index (χ3v) is 5.61. The summed E-state index contributed by atoms with van der Waals surface area (Å²) in [5.41, 5.74) is 0.901. The second-order valence-corrected chi connectivity index (χ2v) is 7.95. The van der Waals surface area contributed by atoms with Gasteiger partial charge in [0, 0.05) is 18.0 Å². The van der Waals surface area contributed by atoms with Gasteiger partial charge in [-0.1, -0.05) is 5.16 Å². The average Bonchev–Trinajstić information content (AvgIpc) is 3.02. The highest BCUT2D eigenvalue weighted by Crippen LogP contribution is 2.35. The van der Waals surface area contributed by atoms with E-state index in [2.05, 4.69) is 14.7 Å². The molecule has 0 N–H and O–H groups in total. The van der Waals surface area contributed by atoms with Gasteiger partial charge >= 0.3 is 12.1 Å². The van der Waals surface area contributed by atoms with Crippen molar-refractivity contribution in [3.8, 4) is 10.7 Å². The summed E-state index contributed by atoms with van der Waals surface area (Å²) >= 11 is 1.17. The molecule has 0 amide bonds. The number of aromatic nitrogens is 2. The lowest BCUT2D eigenvalue weighted by Gasteiger charge is -2.24. The van der Waals surface area contributed by atoms with E-state index in [1.807, 2.05) is 0 Å². The van der Waals surface area contributed by atoms with Crippen molar-refractivity contribution in [3.05, 3.63) is 22.4 Å². The number of halogens is 3. The van der Waals surface area contributed by atoms with Gasteiger partial charge in [-0.05, 0) is 18.1 Å². The molecule has 3 rings (SSSR count). The second kappa shape index (κ2) is 5.03. The van der Waals surface area contributed by atoms with Gasteiger partial charge in [0.15, 0.2) is 0 Å². The molecule has 0 bridgehead atoms. The van der Waals surface area contributed by atoms with E-state index in [0.717, 1.165) is 16.7 Å². The molecule has 2 aromatic rings. The first-order chi connectivity index (χ1) is 10.1. The Kier molecular flexibility index (Phi) is 3.53. The molecule has 11 heteroatoms.